The summed E-state index contributed by atoms with van der Waals surface area (Å²) in [4.78, 5) is 66.2. The van der Waals surface area contributed by atoms with Crippen molar-refractivity contribution in [3.05, 3.63) is 11.9 Å². The molecule has 1 saturated heterocycles. The van der Waals surface area contributed by atoms with Gasteiger partial charge < -0.3 is 31.5 Å². The second kappa shape index (κ2) is 11.5. The standard InChI is InChI=1S/C29H43N7O7/c1-27(2,43)21-13-31-34-36(21)18-12-20(24(39)33-29(22(37)23(30)38)15-28(16-29)9-6-10-28)35(14-18)25(40)19(32-26(41)42)11-17-7-4-3-5-8-17/h13,17-20,32,43H,3-12,14-16H2,1-2H3,(H2,30,38)(H,33,39)(H,41,42)/t18-,19+,20-/m0/s1. The lowest BCUT2D eigenvalue weighted by atomic mass is 9.47. The van der Waals surface area contributed by atoms with Crippen LogP contribution in [0.3, 0.4) is 0 Å². The second-order valence-corrected chi connectivity index (χ2v) is 13.7. The van der Waals surface area contributed by atoms with Crippen LogP contribution in [0.15, 0.2) is 6.20 Å². The number of primary amides is 1. The van der Waals surface area contributed by atoms with Gasteiger partial charge in [-0.25, -0.2) is 9.48 Å². The number of nitrogens with zero attached hydrogens (tertiary/aromatic N) is 4. The molecule has 6 N–H and O–H groups in total. The van der Waals surface area contributed by atoms with Crippen LogP contribution in [-0.2, 0) is 24.8 Å². The van der Waals surface area contributed by atoms with Crippen LogP contribution in [0.1, 0.15) is 103 Å². The maximum atomic E-state index is 14.1. The molecule has 3 atom stereocenters. The van der Waals surface area contributed by atoms with Gasteiger partial charge >= 0.3 is 6.09 Å². The predicted molar refractivity (Wildman–Crippen MR) is 151 cm³/mol. The number of aliphatic hydroxyl groups is 1. The zero-order chi connectivity index (χ0) is 31.2. The molecule has 1 spiro atoms. The maximum absolute atomic E-state index is 14.1. The average molecular weight is 602 g/mol. The predicted octanol–water partition coefficient (Wildman–Crippen LogP) is 1.13. The van der Waals surface area contributed by atoms with Gasteiger partial charge in [0, 0.05) is 13.0 Å². The summed E-state index contributed by atoms with van der Waals surface area (Å²) in [6.45, 7) is 3.16. The van der Waals surface area contributed by atoms with Crippen molar-refractivity contribution in [3.63, 3.8) is 0 Å². The van der Waals surface area contributed by atoms with Crippen LogP contribution in [0.5, 0.6) is 0 Å². The number of amides is 4. The summed E-state index contributed by atoms with van der Waals surface area (Å²) in [6.07, 6.45) is 8.85. The Morgan fingerprint density at radius 3 is 2.35 bits per heavy atom. The van der Waals surface area contributed by atoms with Crippen LogP contribution < -0.4 is 16.4 Å². The van der Waals surface area contributed by atoms with E-state index in [2.05, 4.69) is 20.9 Å². The van der Waals surface area contributed by atoms with E-state index in [-0.39, 0.29) is 24.3 Å². The highest BCUT2D eigenvalue weighted by molar-refractivity contribution is 6.39. The summed E-state index contributed by atoms with van der Waals surface area (Å²) in [6, 6.07) is -2.72. The number of likely N-dealkylation sites (tertiary alicyclic amines) is 1. The van der Waals surface area contributed by atoms with E-state index in [4.69, 9.17) is 5.73 Å². The molecule has 0 aromatic carbocycles. The number of nitrogens with two attached hydrogens (primary N) is 1. The number of hydrogen-bond donors (Lipinski definition) is 5. The Kier molecular flexibility index (Phi) is 8.27. The fourth-order valence-corrected chi connectivity index (χ4v) is 7.88. The molecule has 4 amide bonds. The smallest absolute Gasteiger partial charge is 0.405 e. The summed E-state index contributed by atoms with van der Waals surface area (Å²) >= 11 is 0. The molecular weight excluding hydrogens is 558 g/mol. The van der Waals surface area contributed by atoms with E-state index in [1.807, 2.05) is 0 Å². The van der Waals surface area contributed by atoms with Crippen molar-refractivity contribution in [2.75, 3.05) is 6.54 Å². The van der Waals surface area contributed by atoms with Gasteiger partial charge in [-0.3, -0.25) is 19.2 Å². The van der Waals surface area contributed by atoms with E-state index in [1.54, 1.807) is 13.8 Å². The Hall–Kier alpha value is -3.55. The lowest BCUT2D eigenvalue weighted by Crippen LogP contribution is -2.71. The monoisotopic (exact) mass is 601 g/mol. The summed E-state index contributed by atoms with van der Waals surface area (Å²) in [5.41, 5.74) is 2.95. The molecular formula is C29H43N7O7. The van der Waals surface area contributed by atoms with E-state index in [1.165, 1.54) is 15.8 Å². The Morgan fingerprint density at radius 2 is 1.79 bits per heavy atom. The molecule has 43 heavy (non-hydrogen) atoms. The van der Waals surface area contributed by atoms with Crippen LogP contribution >= 0.6 is 0 Å². The molecule has 1 aromatic heterocycles. The molecule has 4 fully saturated rings. The second-order valence-electron chi connectivity index (χ2n) is 13.7. The largest absolute Gasteiger partial charge is 0.465 e. The van der Waals surface area contributed by atoms with E-state index in [9.17, 15) is 34.2 Å². The normalized spacial score (nSPS) is 25.3. The number of rotatable bonds is 10. The molecule has 4 aliphatic rings. The van der Waals surface area contributed by atoms with E-state index >= 15 is 0 Å². The Morgan fingerprint density at radius 1 is 1.12 bits per heavy atom. The van der Waals surface area contributed by atoms with Crippen molar-refractivity contribution in [3.8, 4) is 0 Å². The Balaban J connectivity index is 1.43. The average Bonchev–Trinajstić information content (AvgIpc) is 3.56. The highest BCUT2D eigenvalue weighted by atomic mass is 16.4. The number of aromatic nitrogens is 3. The van der Waals surface area contributed by atoms with E-state index < -0.39 is 58.9 Å². The Bertz CT molecular complexity index is 1270. The van der Waals surface area contributed by atoms with Gasteiger partial charge in [0.1, 0.15) is 23.2 Å². The highest BCUT2D eigenvalue weighted by Crippen LogP contribution is 2.60. The molecule has 14 nitrogen and oxygen atoms in total. The van der Waals surface area contributed by atoms with E-state index in [0.717, 1.165) is 51.4 Å². The molecule has 1 aromatic rings. The van der Waals surface area contributed by atoms with Gasteiger partial charge in [0.25, 0.3) is 5.91 Å². The summed E-state index contributed by atoms with van der Waals surface area (Å²) in [7, 11) is 0. The molecule has 5 rings (SSSR count). The summed E-state index contributed by atoms with van der Waals surface area (Å²) in [5, 5.41) is 33.6. The quantitative estimate of drug-likeness (QED) is 0.243. The number of carbonyl (C=O) groups excluding carboxylic acids is 4. The molecule has 3 aliphatic carbocycles. The first kappa shape index (κ1) is 30.9. The van der Waals surface area contributed by atoms with Crippen molar-refractivity contribution in [1.29, 1.82) is 0 Å². The fraction of sp³-hybridized carbons (Fsp3) is 0.759. The van der Waals surface area contributed by atoms with Gasteiger partial charge in [-0.2, -0.15) is 0 Å². The molecule has 236 valence electrons. The van der Waals surface area contributed by atoms with Crippen LogP contribution in [0, 0.1) is 11.3 Å². The third-order valence-electron chi connectivity index (χ3n) is 10.1. The van der Waals surface area contributed by atoms with Gasteiger partial charge in [-0.15, -0.1) is 5.10 Å². The van der Waals surface area contributed by atoms with Crippen molar-refractivity contribution in [2.45, 2.75) is 120 Å². The third-order valence-corrected chi connectivity index (χ3v) is 10.1. The highest BCUT2D eigenvalue weighted by Gasteiger charge is 2.63. The molecule has 0 bridgehead atoms. The van der Waals surface area contributed by atoms with Crippen molar-refractivity contribution < 1.29 is 34.2 Å². The van der Waals surface area contributed by atoms with Crippen molar-refractivity contribution in [1.82, 2.24) is 30.5 Å². The number of Topliss-reactive ketones (excluding diaryl/α,β-unsaturated/α-hetero) is 1. The summed E-state index contributed by atoms with van der Waals surface area (Å²) < 4.78 is 1.49. The van der Waals surface area contributed by atoms with Crippen molar-refractivity contribution in [2.24, 2.45) is 17.1 Å². The van der Waals surface area contributed by atoms with Gasteiger partial charge in [-0.1, -0.05) is 43.7 Å². The first-order chi connectivity index (χ1) is 20.2. The lowest BCUT2D eigenvalue weighted by molar-refractivity contribution is -0.156. The minimum Gasteiger partial charge on any atom is -0.465 e. The van der Waals surface area contributed by atoms with Gasteiger partial charge in [0.05, 0.1) is 17.9 Å². The number of carbonyl (C=O) groups is 5. The van der Waals surface area contributed by atoms with Crippen LogP contribution in [0.25, 0.3) is 0 Å². The van der Waals surface area contributed by atoms with Gasteiger partial charge in [0.2, 0.25) is 17.6 Å². The number of nitrogens with one attached hydrogen (secondary N) is 2. The van der Waals surface area contributed by atoms with Crippen LogP contribution in [0.2, 0.25) is 0 Å². The zero-order valence-corrected chi connectivity index (χ0v) is 24.9. The molecule has 0 unspecified atom stereocenters. The topological polar surface area (TPSA) is 210 Å². The zero-order valence-electron chi connectivity index (χ0n) is 24.9. The molecule has 3 saturated carbocycles. The first-order valence-electron chi connectivity index (χ1n) is 15.3. The molecule has 1 aliphatic heterocycles. The minimum atomic E-state index is -1.43. The van der Waals surface area contributed by atoms with Gasteiger partial charge in [0.15, 0.2) is 0 Å². The Labute approximate surface area is 250 Å². The van der Waals surface area contributed by atoms with E-state index in [0.29, 0.717) is 25.0 Å². The number of carboxylic acid groups (broad SMARTS) is 1. The number of hydrogen-bond acceptors (Lipinski definition) is 8. The fourth-order valence-electron chi connectivity index (χ4n) is 7.88. The summed E-state index contributed by atoms with van der Waals surface area (Å²) in [5.74, 6) is -2.96. The van der Waals surface area contributed by atoms with Crippen LogP contribution in [0.4, 0.5) is 4.79 Å². The third kappa shape index (κ3) is 6.11. The van der Waals surface area contributed by atoms with Gasteiger partial charge in [-0.05, 0) is 57.3 Å². The molecule has 0 radical (unpaired) electrons. The molecule has 14 heteroatoms. The van der Waals surface area contributed by atoms with Crippen LogP contribution in [-0.4, -0.2) is 83.9 Å². The van der Waals surface area contributed by atoms with Crippen molar-refractivity contribution >= 4 is 29.6 Å². The minimum absolute atomic E-state index is 0.00648. The lowest BCUT2D eigenvalue weighted by Gasteiger charge is -2.60. The number of ketones is 1. The maximum Gasteiger partial charge on any atom is 0.405 e. The first-order valence-corrected chi connectivity index (χ1v) is 15.3. The molecule has 2 heterocycles. The SMILES string of the molecule is CC(C)(O)c1cnnn1[C@H]1C[C@@H](C(=O)NC2(C(=O)C(N)=O)CC3(CCC3)C2)N(C(=O)[C@@H](CC2CCCCC2)NC(=O)O)C1.